The molecule has 2 aliphatic heterocycles. The number of hydrogen-bond donors (Lipinski definition) is 1. The van der Waals surface area contributed by atoms with Gasteiger partial charge in [-0.1, -0.05) is 32.9 Å². The van der Waals surface area contributed by atoms with Crippen LogP contribution in [0.3, 0.4) is 0 Å². The Morgan fingerprint density at radius 2 is 1.98 bits per heavy atom. The van der Waals surface area contributed by atoms with Crippen molar-refractivity contribution >= 4 is 29.4 Å². The topological polar surface area (TPSA) is 94.9 Å². The van der Waals surface area contributed by atoms with Crippen LogP contribution in [-0.2, 0) is 19.7 Å². The van der Waals surface area contributed by atoms with E-state index in [4.69, 9.17) is 19.3 Å². The molecule has 0 bridgehead atoms. The first-order valence-electron chi connectivity index (χ1n) is 14.3. The van der Waals surface area contributed by atoms with Gasteiger partial charge in [-0.05, 0) is 55.7 Å². The molecule has 3 heterocycles. The standard InChI is InChI=1S/C32H40N4O5S/c1-20-9-7-10-21(15-20)36-31-28(30(34-36)32(2,3)4)29(24-16-22(39-5)12-13-25(24)40-6)42-19-27(38)35(31)18-26(37)33-17-23-11-8-14-41-23/h7,9-10,12-13,15-16,23,29H,8,11,14,17-19H2,1-6H3,(H,33,37)/t23-,29-/m0/s1. The molecule has 1 fully saturated rings. The van der Waals surface area contributed by atoms with Gasteiger partial charge in [0.2, 0.25) is 11.8 Å². The van der Waals surface area contributed by atoms with Gasteiger partial charge in [-0.15, -0.1) is 11.8 Å². The summed E-state index contributed by atoms with van der Waals surface area (Å²) in [6.07, 6.45) is 1.92. The van der Waals surface area contributed by atoms with Gasteiger partial charge in [0.15, 0.2) is 0 Å². The van der Waals surface area contributed by atoms with Gasteiger partial charge in [0.25, 0.3) is 0 Å². The quantitative estimate of drug-likeness (QED) is 0.395. The third-order valence-corrected chi connectivity index (χ3v) is 8.85. The molecular weight excluding hydrogens is 552 g/mol. The third-order valence-electron chi connectivity index (χ3n) is 7.62. The first kappa shape index (κ1) is 30.0. The number of nitrogens with zero attached hydrogens (tertiary/aromatic N) is 3. The van der Waals surface area contributed by atoms with E-state index in [1.54, 1.807) is 19.1 Å². The molecule has 42 heavy (non-hydrogen) atoms. The predicted octanol–water partition coefficient (Wildman–Crippen LogP) is 4.96. The van der Waals surface area contributed by atoms with Gasteiger partial charge < -0.3 is 19.5 Å². The van der Waals surface area contributed by atoms with Crippen molar-refractivity contribution in [2.24, 2.45) is 0 Å². The molecule has 1 N–H and O–H groups in total. The molecule has 2 atom stereocenters. The van der Waals surface area contributed by atoms with E-state index in [2.05, 4.69) is 26.1 Å². The normalized spacial score (nSPS) is 18.9. The lowest BCUT2D eigenvalue weighted by Gasteiger charge is -2.25. The number of hydrogen-bond acceptors (Lipinski definition) is 7. The largest absolute Gasteiger partial charge is 0.497 e. The fourth-order valence-electron chi connectivity index (χ4n) is 5.54. The summed E-state index contributed by atoms with van der Waals surface area (Å²) in [5.74, 6) is 1.77. The SMILES string of the molecule is COc1ccc(OC)c([C@@H]2SCC(=O)N(CC(=O)NC[C@@H]3CCCO3)c3c2c(C(C)(C)C)nn3-c2cccc(C)c2)c1. The number of nitrogens with one attached hydrogen (secondary N) is 1. The molecule has 1 aromatic heterocycles. The highest BCUT2D eigenvalue weighted by Gasteiger charge is 2.41. The smallest absolute Gasteiger partial charge is 0.240 e. The van der Waals surface area contributed by atoms with E-state index in [1.807, 2.05) is 54.1 Å². The third kappa shape index (κ3) is 6.15. The molecule has 0 unspecified atom stereocenters. The molecule has 0 radical (unpaired) electrons. The van der Waals surface area contributed by atoms with Crippen molar-refractivity contribution in [2.45, 2.75) is 57.3 Å². The number of amides is 2. The summed E-state index contributed by atoms with van der Waals surface area (Å²) < 4.78 is 18.9. The summed E-state index contributed by atoms with van der Waals surface area (Å²) in [4.78, 5) is 28.9. The summed E-state index contributed by atoms with van der Waals surface area (Å²) in [6, 6.07) is 13.7. The Morgan fingerprint density at radius 1 is 1.17 bits per heavy atom. The van der Waals surface area contributed by atoms with Crippen LogP contribution in [-0.4, -0.2) is 67.4 Å². The van der Waals surface area contributed by atoms with Crippen molar-refractivity contribution < 1.29 is 23.8 Å². The van der Waals surface area contributed by atoms with Crippen molar-refractivity contribution in [3.8, 4) is 17.2 Å². The molecular formula is C32H40N4O5S. The Morgan fingerprint density at radius 3 is 2.64 bits per heavy atom. The van der Waals surface area contributed by atoms with Gasteiger partial charge in [0.05, 0.1) is 42.7 Å². The number of ether oxygens (including phenoxy) is 3. The minimum absolute atomic E-state index is 0.00937. The van der Waals surface area contributed by atoms with Gasteiger partial charge in [0, 0.05) is 29.7 Å². The molecule has 0 spiro atoms. The van der Waals surface area contributed by atoms with Crippen LogP contribution in [0, 0.1) is 6.92 Å². The Kier molecular flexibility index (Phi) is 8.84. The van der Waals surface area contributed by atoms with Gasteiger partial charge >= 0.3 is 0 Å². The zero-order valence-corrected chi connectivity index (χ0v) is 26.0. The second-order valence-corrected chi connectivity index (χ2v) is 12.9. The van der Waals surface area contributed by atoms with E-state index in [-0.39, 0.29) is 40.9 Å². The fourth-order valence-corrected chi connectivity index (χ4v) is 6.75. The highest BCUT2D eigenvalue weighted by molar-refractivity contribution is 8.00. The molecule has 0 aliphatic carbocycles. The van der Waals surface area contributed by atoms with E-state index in [0.29, 0.717) is 30.5 Å². The zero-order valence-electron chi connectivity index (χ0n) is 25.2. The monoisotopic (exact) mass is 592 g/mol. The highest BCUT2D eigenvalue weighted by Crippen LogP contribution is 2.51. The molecule has 10 heteroatoms. The van der Waals surface area contributed by atoms with Crippen LogP contribution in [0.1, 0.15) is 61.2 Å². The zero-order chi connectivity index (χ0) is 30.0. The first-order chi connectivity index (χ1) is 20.1. The summed E-state index contributed by atoms with van der Waals surface area (Å²) >= 11 is 1.51. The Bertz CT molecular complexity index is 1460. The van der Waals surface area contributed by atoms with Crippen LogP contribution in [0.25, 0.3) is 5.69 Å². The van der Waals surface area contributed by atoms with Crippen LogP contribution in [0.2, 0.25) is 0 Å². The summed E-state index contributed by atoms with van der Waals surface area (Å²) in [7, 11) is 3.28. The van der Waals surface area contributed by atoms with Crippen LogP contribution in [0.4, 0.5) is 5.82 Å². The molecule has 1 saturated heterocycles. The fraction of sp³-hybridized carbons (Fsp3) is 0.469. The average molecular weight is 593 g/mol. The number of fused-ring (bicyclic) bond motifs is 1. The molecule has 5 rings (SSSR count). The van der Waals surface area contributed by atoms with Crippen LogP contribution >= 0.6 is 11.8 Å². The maximum Gasteiger partial charge on any atom is 0.240 e. The van der Waals surface area contributed by atoms with Gasteiger partial charge in [0.1, 0.15) is 23.9 Å². The number of aromatic nitrogens is 2. The van der Waals surface area contributed by atoms with E-state index >= 15 is 0 Å². The van der Waals surface area contributed by atoms with E-state index in [1.165, 1.54) is 11.8 Å². The van der Waals surface area contributed by atoms with Crippen LogP contribution in [0.15, 0.2) is 42.5 Å². The number of thioether (sulfide) groups is 1. The van der Waals surface area contributed by atoms with Crippen molar-refractivity contribution in [1.29, 1.82) is 0 Å². The number of carbonyl (C=O) groups excluding carboxylic acids is 2. The molecule has 2 aliphatic rings. The van der Waals surface area contributed by atoms with E-state index < -0.39 is 0 Å². The average Bonchev–Trinajstić information content (AvgIpc) is 3.61. The lowest BCUT2D eigenvalue weighted by molar-refractivity contribution is -0.123. The summed E-state index contributed by atoms with van der Waals surface area (Å²) in [5, 5.41) is 7.87. The predicted molar refractivity (Wildman–Crippen MR) is 165 cm³/mol. The van der Waals surface area contributed by atoms with Gasteiger partial charge in [-0.2, -0.15) is 5.10 Å². The van der Waals surface area contributed by atoms with Crippen molar-refractivity contribution in [2.75, 3.05) is 44.6 Å². The van der Waals surface area contributed by atoms with Crippen LogP contribution in [0.5, 0.6) is 11.5 Å². The molecule has 2 amide bonds. The van der Waals surface area contributed by atoms with Crippen molar-refractivity contribution in [3.63, 3.8) is 0 Å². The molecule has 0 saturated carbocycles. The number of rotatable bonds is 8. The maximum atomic E-state index is 13.9. The Labute approximate surface area is 251 Å². The van der Waals surface area contributed by atoms with E-state index in [9.17, 15) is 9.59 Å². The van der Waals surface area contributed by atoms with Crippen molar-refractivity contribution in [1.82, 2.24) is 15.1 Å². The van der Waals surface area contributed by atoms with Crippen LogP contribution < -0.4 is 19.7 Å². The lowest BCUT2D eigenvalue weighted by atomic mass is 9.87. The minimum atomic E-state index is -0.370. The van der Waals surface area contributed by atoms with Crippen molar-refractivity contribution in [3.05, 3.63) is 64.8 Å². The summed E-state index contributed by atoms with van der Waals surface area (Å²) in [6.45, 7) is 9.40. The lowest BCUT2D eigenvalue weighted by Crippen LogP contribution is -2.44. The molecule has 224 valence electrons. The van der Waals surface area contributed by atoms with Gasteiger partial charge in [-0.3, -0.25) is 14.5 Å². The second-order valence-electron chi connectivity index (χ2n) is 11.8. The highest BCUT2D eigenvalue weighted by atomic mass is 32.2. The molecule has 2 aromatic carbocycles. The minimum Gasteiger partial charge on any atom is -0.497 e. The molecule has 9 nitrogen and oxygen atoms in total. The van der Waals surface area contributed by atoms with Gasteiger partial charge in [-0.25, -0.2) is 4.68 Å². The maximum absolute atomic E-state index is 13.9. The molecule has 3 aromatic rings. The Hall–Kier alpha value is -3.50. The van der Waals surface area contributed by atoms with E-state index in [0.717, 1.165) is 40.9 Å². The number of benzene rings is 2. The second kappa shape index (κ2) is 12.4. The number of methoxy groups -OCH3 is 2. The first-order valence-corrected chi connectivity index (χ1v) is 15.4. The number of carbonyl (C=O) groups is 2. The number of aryl methyl sites for hydroxylation is 1. The Balaban J connectivity index is 1.70. The summed E-state index contributed by atoms with van der Waals surface area (Å²) in [5.41, 5.74) is 4.14. The number of anilines is 1.